The van der Waals surface area contributed by atoms with Crippen molar-refractivity contribution in [3.8, 4) is 33.4 Å². The first-order valence-electron chi connectivity index (χ1n) is 19.4. The first-order chi connectivity index (χ1) is 26.8. The van der Waals surface area contributed by atoms with Crippen molar-refractivity contribution in [2.24, 2.45) is 0 Å². The largest absolute Gasteiger partial charge is 0.456 e. The molecule has 0 radical (unpaired) electrons. The fourth-order valence-electron chi connectivity index (χ4n) is 9.01. The van der Waals surface area contributed by atoms with Crippen molar-refractivity contribution in [1.29, 1.82) is 0 Å². The Hall–Kier alpha value is -6.38. The molecule has 260 valence electrons. The van der Waals surface area contributed by atoms with E-state index in [1.165, 1.54) is 70.7 Å². The lowest BCUT2D eigenvalue weighted by molar-refractivity contribution is 0.445. The number of anilines is 3. The van der Waals surface area contributed by atoms with E-state index in [9.17, 15) is 0 Å². The predicted octanol–water partition coefficient (Wildman–Crippen LogP) is 15.3. The summed E-state index contributed by atoms with van der Waals surface area (Å²) in [7, 11) is 0. The second-order valence-electron chi connectivity index (χ2n) is 14.6. The van der Waals surface area contributed by atoms with Gasteiger partial charge in [-0.15, -0.1) is 0 Å². The maximum atomic E-state index is 6.34. The Kier molecular flexibility index (Phi) is 8.30. The molecule has 54 heavy (non-hydrogen) atoms. The number of rotatable bonds is 7. The summed E-state index contributed by atoms with van der Waals surface area (Å²) in [5.74, 6) is 0.587. The molecule has 1 heterocycles. The molecule has 1 aliphatic carbocycles. The zero-order chi connectivity index (χ0) is 35.8. The van der Waals surface area contributed by atoms with Crippen LogP contribution in [0.25, 0.3) is 66.1 Å². The van der Waals surface area contributed by atoms with Crippen LogP contribution in [0.3, 0.4) is 0 Å². The van der Waals surface area contributed by atoms with Crippen LogP contribution < -0.4 is 4.90 Å². The van der Waals surface area contributed by atoms with Gasteiger partial charge in [-0.1, -0.05) is 165 Å². The van der Waals surface area contributed by atoms with Crippen LogP contribution >= 0.6 is 0 Å². The molecule has 9 aromatic rings. The van der Waals surface area contributed by atoms with Crippen LogP contribution in [-0.2, 0) is 0 Å². The predicted molar refractivity (Wildman–Crippen MR) is 228 cm³/mol. The summed E-state index contributed by atoms with van der Waals surface area (Å²) in [6, 6.07) is 66.2. The SMILES string of the molecule is c1ccc(-c2ccccc2N(c2cccc(-c3cccc4oc5ccccc5c34)c2)c2ccccc2-c2cccc3cccc(C4CCCCC4)c23)cc1. The van der Waals surface area contributed by atoms with E-state index in [4.69, 9.17) is 4.42 Å². The Morgan fingerprint density at radius 3 is 1.89 bits per heavy atom. The second-order valence-corrected chi connectivity index (χ2v) is 14.6. The Bertz CT molecular complexity index is 2760. The van der Waals surface area contributed by atoms with Crippen LogP contribution in [0, 0.1) is 0 Å². The van der Waals surface area contributed by atoms with Crippen molar-refractivity contribution in [2.75, 3.05) is 4.90 Å². The highest BCUT2D eigenvalue weighted by molar-refractivity contribution is 6.12. The molecule has 1 aromatic heterocycles. The summed E-state index contributed by atoms with van der Waals surface area (Å²) in [5, 5.41) is 4.98. The quantitative estimate of drug-likeness (QED) is 0.165. The highest BCUT2D eigenvalue weighted by Gasteiger charge is 2.24. The van der Waals surface area contributed by atoms with Gasteiger partial charge in [-0.05, 0) is 93.7 Å². The smallest absolute Gasteiger partial charge is 0.136 e. The van der Waals surface area contributed by atoms with Crippen LogP contribution in [0.1, 0.15) is 43.6 Å². The minimum atomic E-state index is 0.587. The fraction of sp³-hybridized carbons (Fsp3) is 0.115. The molecule has 8 aromatic carbocycles. The van der Waals surface area contributed by atoms with Crippen LogP contribution in [-0.4, -0.2) is 0 Å². The third-order valence-corrected chi connectivity index (χ3v) is 11.5. The molecular formula is C52H41NO. The van der Waals surface area contributed by atoms with E-state index in [1.807, 2.05) is 6.07 Å². The van der Waals surface area contributed by atoms with E-state index < -0.39 is 0 Å². The van der Waals surface area contributed by atoms with Crippen molar-refractivity contribution >= 4 is 49.8 Å². The number of nitrogens with zero attached hydrogens (tertiary/aromatic N) is 1. The Labute approximate surface area is 316 Å². The number of fused-ring (bicyclic) bond motifs is 4. The van der Waals surface area contributed by atoms with Gasteiger partial charge < -0.3 is 9.32 Å². The third-order valence-electron chi connectivity index (χ3n) is 11.5. The van der Waals surface area contributed by atoms with Gasteiger partial charge in [0.25, 0.3) is 0 Å². The molecule has 10 rings (SSSR count). The molecule has 1 aliphatic rings. The molecule has 1 saturated carbocycles. The molecule has 0 spiro atoms. The van der Waals surface area contributed by atoms with Crippen molar-refractivity contribution in [3.63, 3.8) is 0 Å². The third kappa shape index (κ3) is 5.67. The molecule has 2 heteroatoms. The number of hydrogen-bond donors (Lipinski definition) is 0. The van der Waals surface area contributed by atoms with Gasteiger partial charge in [0.1, 0.15) is 11.2 Å². The van der Waals surface area contributed by atoms with Crippen LogP contribution in [0.5, 0.6) is 0 Å². The zero-order valence-corrected chi connectivity index (χ0v) is 30.3. The monoisotopic (exact) mass is 695 g/mol. The van der Waals surface area contributed by atoms with Crippen LogP contribution in [0.2, 0.25) is 0 Å². The molecule has 0 unspecified atom stereocenters. The fourth-order valence-corrected chi connectivity index (χ4v) is 9.01. The molecule has 0 N–H and O–H groups in total. The number of benzene rings is 8. The van der Waals surface area contributed by atoms with Crippen molar-refractivity contribution in [3.05, 3.63) is 188 Å². The van der Waals surface area contributed by atoms with Gasteiger partial charge in [0.15, 0.2) is 0 Å². The van der Waals surface area contributed by atoms with Crippen LogP contribution in [0.15, 0.2) is 186 Å². The molecular weight excluding hydrogens is 655 g/mol. The molecule has 0 bridgehead atoms. The first kappa shape index (κ1) is 32.3. The summed E-state index contributed by atoms with van der Waals surface area (Å²) < 4.78 is 6.34. The lowest BCUT2D eigenvalue weighted by Crippen LogP contribution is -2.13. The second kappa shape index (κ2) is 13.9. The van der Waals surface area contributed by atoms with Gasteiger partial charge >= 0.3 is 0 Å². The van der Waals surface area contributed by atoms with Gasteiger partial charge in [-0.3, -0.25) is 0 Å². The molecule has 1 fully saturated rings. The summed E-state index contributed by atoms with van der Waals surface area (Å²) >= 11 is 0. The van der Waals surface area contributed by atoms with Crippen molar-refractivity contribution < 1.29 is 4.42 Å². The van der Waals surface area contributed by atoms with E-state index in [2.05, 4.69) is 181 Å². The van der Waals surface area contributed by atoms with E-state index in [-0.39, 0.29) is 0 Å². The first-order valence-corrected chi connectivity index (χ1v) is 19.4. The number of hydrogen-bond acceptors (Lipinski definition) is 2. The van der Waals surface area contributed by atoms with E-state index in [0.717, 1.165) is 50.1 Å². The number of furan rings is 1. The highest BCUT2D eigenvalue weighted by atomic mass is 16.3. The molecule has 2 nitrogen and oxygen atoms in total. The van der Waals surface area contributed by atoms with Crippen molar-refractivity contribution in [1.82, 2.24) is 0 Å². The minimum absolute atomic E-state index is 0.587. The zero-order valence-electron chi connectivity index (χ0n) is 30.3. The maximum Gasteiger partial charge on any atom is 0.136 e. The Morgan fingerprint density at radius 2 is 1.04 bits per heavy atom. The lowest BCUT2D eigenvalue weighted by Gasteiger charge is -2.31. The average Bonchev–Trinajstić information content (AvgIpc) is 3.64. The lowest BCUT2D eigenvalue weighted by atomic mass is 9.80. The Morgan fingerprint density at radius 1 is 0.426 bits per heavy atom. The average molecular weight is 696 g/mol. The van der Waals surface area contributed by atoms with Gasteiger partial charge in [0.2, 0.25) is 0 Å². The van der Waals surface area contributed by atoms with Crippen molar-refractivity contribution in [2.45, 2.75) is 38.0 Å². The van der Waals surface area contributed by atoms with Crippen LogP contribution in [0.4, 0.5) is 17.1 Å². The summed E-state index contributed by atoms with van der Waals surface area (Å²) in [4.78, 5) is 2.48. The van der Waals surface area contributed by atoms with E-state index in [0.29, 0.717) is 5.92 Å². The highest BCUT2D eigenvalue weighted by Crippen LogP contribution is 2.48. The summed E-state index contributed by atoms with van der Waals surface area (Å²) in [6.45, 7) is 0. The standard InChI is InChI=1S/C52H41NO/c1-3-17-36(18-4-1)41-25-7-10-31-47(41)53(40-24-13-23-39(35-40)43-29-16-34-50-52(43)46-27-9-12-33-49(46)54-50)48-32-11-8-26-44(48)45-30-15-22-38-21-14-28-42(51(38)45)37-19-5-2-6-20-37/h1,3-4,7-18,21-35,37H,2,5-6,19-20H2. The van der Waals surface area contributed by atoms with Gasteiger partial charge in [-0.25, -0.2) is 0 Å². The molecule has 0 aliphatic heterocycles. The molecule has 0 amide bonds. The van der Waals surface area contributed by atoms with Gasteiger partial charge in [-0.2, -0.15) is 0 Å². The Balaban J connectivity index is 1.22. The number of para-hydroxylation sites is 3. The normalized spacial score (nSPS) is 13.5. The van der Waals surface area contributed by atoms with E-state index in [1.54, 1.807) is 0 Å². The van der Waals surface area contributed by atoms with Gasteiger partial charge in [0.05, 0.1) is 11.4 Å². The molecule has 0 atom stereocenters. The maximum absolute atomic E-state index is 6.34. The minimum Gasteiger partial charge on any atom is -0.456 e. The topological polar surface area (TPSA) is 16.4 Å². The van der Waals surface area contributed by atoms with E-state index >= 15 is 0 Å². The van der Waals surface area contributed by atoms with Gasteiger partial charge in [0, 0.05) is 27.6 Å². The molecule has 0 saturated heterocycles. The summed E-state index contributed by atoms with van der Waals surface area (Å²) in [6.07, 6.45) is 6.48. The summed E-state index contributed by atoms with van der Waals surface area (Å²) in [5.41, 5.74) is 13.9.